The second-order valence-corrected chi connectivity index (χ2v) is 7.60. The highest BCUT2D eigenvalue weighted by Gasteiger charge is 2.27. The van der Waals surface area contributed by atoms with Crippen molar-refractivity contribution in [1.29, 1.82) is 0 Å². The first-order chi connectivity index (χ1) is 12.0. The van der Waals surface area contributed by atoms with E-state index in [9.17, 15) is 8.42 Å². The summed E-state index contributed by atoms with van der Waals surface area (Å²) in [5.74, 6) is 0.994. The molecule has 25 heavy (non-hydrogen) atoms. The smallest absolute Gasteiger partial charge is 0.241 e. The first kappa shape index (κ1) is 17.8. The predicted octanol–water partition coefficient (Wildman–Crippen LogP) is 3.45. The summed E-state index contributed by atoms with van der Waals surface area (Å²) in [6.07, 6.45) is 1.66. The number of benzene rings is 2. The van der Waals surface area contributed by atoms with Crippen molar-refractivity contribution < 1.29 is 17.9 Å². The van der Waals surface area contributed by atoms with Crippen LogP contribution >= 0.6 is 0 Å². The number of fused-ring (bicyclic) bond motifs is 1. The van der Waals surface area contributed by atoms with E-state index in [2.05, 4.69) is 4.72 Å². The monoisotopic (exact) mass is 361 g/mol. The number of ether oxygens (including phenoxy) is 2. The van der Waals surface area contributed by atoms with Gasteiger partial charge in [-0.3, -0.25) is 0 Å². The molecule has 3 rings (SSSR count). The van der Waals surface area contributed by atoms with Crippen LogP contribution in [0, 0.1) is 0 Å². The van der Waals surface area contributed by atoms with Gasteiger partial charge in [-0.25, -0.2) is 13.1 Å². The Hall–Kier alpha value is -2.05. The Labute approximate surface area is 149 Å². The largest absolute Gasteiger partial charge is 0.490 e. The van der Waals surface area contributed by atoms with Gasteiger partial charge in [-0.15, -0.1) is 0 Å². The van der Waals surface area contributed by atoms with Crippen LogP contribution in [-0.4, -0.2) is 21.6 Å². The normalized spacial score (nSPS) is 16.5. The maximum absolute atomic E-state index is 12.8. The zero-order chi connectivity index (χ0) is 17.9. The van der Waals surface area contributed by atoms with E-state index in [4.69, 9.17) is 9.47 Å². The molecule has 5 nitrogen and oxygen atoms in total. The summed E-state index contributed by atoms with van der Waals surface area (Å²) in [7, 11) is -3.64. The van der Waals surface area contributed by atoms with E-state index in [0.29, 0.717) is 24.7 Å². The van der Waals surface area contributed by atoms with E-state index in [0.717, 1.165) is 18.4 Å². The van der Waals surface area contributed by atoms with Gasteiger partial charge in [-0.05, 0) is 49.9 Å². The summed E-state index contributed by atoms with van der Waals surface area (Å²) in [6, 6.07) is 12.5. The fraction of sp³-hybridized carbons (Fsp3) is 0.368. The third-order valence-corrected chi connectivity index (χ3v) is 5.72. The fourth-order valence-electron chi connectivity index (χ4n) is 3.13. The summed E-state index contributed by atoms with van der Waals surface area (Å²) >= 11 is 0. The average molecular weight is 361 g/mol. The van der Waals surface area contributed by atoms with Crippen molar-refractivity contribution in [2.24, 2.45) is 0 Å². The topological polar surface area (TPSA) is 64.6 Å². The highest BCUT2D eigenvalue weighted by molar-refractivity contribution is 7.89. The van der Waals surface area contributed by atoms with Crippen molar-refractivity contribution in [3.63, 3.8) is 0 Å². The van der Waals surface area contributed by atoms with Crippen LogP contribution in [0.25, 0.3) is 0 Å². The van der Waals surface area contributed by atoms with Gasteiger partial charge in [0.05, 0.1) is 18.1 Å². The Morgan fingerprint density at radius 1 is 1.04 bits per heavy atom. The van der Waals surface area contributed by atoms with E-state index in [1.807, 2.05) is 38.1 Å². The third-order valence-electron chi connectivity index (χ3n) is 4.26. The zero-order valence-electron chi connectivity index (χ0n) is 14.5. The Balaban J connectivity index is 1.86. The Morgan fingerprint density at radius 2 is 1.76 bits per heavy atom. The molecule has 1 aliphatic carbocycles. The van der Waals surface area contributed by atoms with Crippen LogP contribution in [0.2, 0.25) is 0 Å². The first-order valence-corrected chi connectivity index (χ1v) is 10.0. The summed E-state index contributed by atoms with van der Waals surface area (Å²) in [4.78, 5) is 0.184. The predicted molar refractivity (Wildman–Crippen MR) is 96.6 cm³/mol. The van der Waals surface area contributed by atoms with Gasteiger partial charge in [0.2, 0.25) is 10.0 Å². The highest BCUT2D eigenvalue weighted by Crippen LogP contribution is 2.34. The maximum Gasteiger partial charge on any atom is 0.241 e. The quantitative estimate of drug-likeness (QED) is 0.820. The summed E-state index contributed by atoms with van der Waals surface area (Å²) < 4.78 is 39.5. The molecule has 134 valence electrons. The van der Waals surface area contributed by atoms with Crippen LogP contribution in [0.1, 0.15) is 37.4 Å². The molecule has 0 aromatic heterocycles. The van der Waals surface area contributed by atoms with Crippen molar-refractivity contribution >= 4 is 10.0 Å². The van der Waals surface area contributed by atoms with Gasteiger partial charge in [-0.2, -0.15) is 0 Å². The van der Waals surface area contributed by atoms with Crippen LogP contribution < -0.4 is 14.2 Å². The van der Waals surface area contributed by atoms with Crippen molar-refractivity contribution in [3.05, 3.63) is 53.6 Å². The van der Waals surface area contributed by atoms with Gasteiger partial charge < -0.3 is 9.47 Å². The van der Waals surface area contributed by atoms with Crippen LogP contribution in [0.5, 0.6) is 11.5 Å². The minimum absolute atomic E-state index is 0.184. The molecule has 0 heterocycles. The van der Waals surface area contributed by atoms with Crippen LogP contribution in [-0.2, 0) is 16.4 Å². The molecule has 0 saturated carbocycles. The number of hydrogen-bond donors (Lipinski definition) is 1. The molecule has 2 aromatic carbocycles. The molecular formula is C19H23NO4S. The van der Waals surface area contributed by atoms with Gasteiger partial charge in [0.15, 0.2) is 11.5 Å². The molecule has 1 atom stereocenters. The van der Waals surface area contributed by atoms with Gasteiger partial charge in [0.25, 0.3) is 0 Å². The van der Waals surface area contributed by atoms with Gasteiger partial charge in [0, 0.05) is 12.1 Å². The van der Waals surface area contributed by atoms with Crippen molar-refractivity contribution in [1.82, 2.24) is 4.72 Å². The highest BCUT2D eigenvalue weighted by atomic mass is 32.2. The fourth-order valence-corrected chi connectivity index (χ4v) is 4.40. The minimum Gasteiger partial charge on any atom is -0.490 e. The molecular weight excluding hydrogens is 338 g/mol. The van der Waals surface area contributed by atoms with Gasteiger partial charge in [0.1, 0.15) is 0 Å². The van der Waals surface area contributed by atoms with Crippen molar-refractivity contribution in [2.75, 3.05) is 13.2 Å². The van der Waals surface area contributed by atoms with E-state index in [1.54, 1.807) is 12.1 Å². The minimum atomic E-state index is -3.64. The molecule has 0 amide bonds. The lowest BCUT2D eigenvalue weighted by Crippen LogP contribution is -2.27. The van der Waals surface area contributed by atoms with E-state index >= 15 is 0 Å². The first-order valence-electron chi connectivity index (χ1n) is 8.55. The van der Waals surface area contributed by atoms with Gasteiger partial charge in [-0.1, -0.05) is 24.3 Å². The number of sulfonamides is 1. The van der Waals surface area contributed by atoms with E-state index in [1.165, 1.54) is 11.6 Å². The lowest BCUT2D eigenvalue weighted by molar-refractivity contribution is 0.287. The molecule has 0 spiro atoms. The average Bonchev–Trinajstić information content (AvgIpc) is 2.99. The lowest BCUT2D eigenvalue weighted by Gasteiger charge is -2.16. The molecule has 6 heteroatoms. The molecule has 0 fully saturated rings. The Kier molecular flexibility index (Phi) is 5.30. The SMILES string of the molecule is CCOc1ccc(S(=O)(=O)NC2CCc3ccccc32)cc1OCC. The molecule has 0 aliphatic heterocycles. The third kappa shape index (κ3) is 3.80. The molecule has 2 aromatic rings. The number of rotatable bonds is 7. The lowest BCUT2D eigenvalue weighted by atomic mass is 10.1. The van der Waals surface area contributed by atoms with E-state index < -0.39 is 10.0 Å². The Bertz CT molecular complexity index is 848. The molecule has 1 N–H and O–H groups in total. The Morgan fingerprint density at radius 3 is 2.52 bits per heavy atom. The number of aryl methyl sites for hydroxylation is 1. The second kappa shape index (κ2) is 7.45. The second-order valence-electron chi connectivity index (χ2n) is 5.89. The molecule has 1 unspecified atom stereocenters. The van der Waals surface area contributed by atoms with Gasteiger partial charge >= 0.3 is 0 Å². The summed E-state index contributed by atoms with van der Waals surface area (Å²) in [5, 5.41) is 0. The zero-order valence-corrected chi connectivity index (χ0v) is 15.3. The number of hydrogen-bond acceptors (Lipinski definition) is 4. The van der Waals surface area contributed by atoms with Crippen LogP contribution in [0.15, 0.2) is 47.4 Å². The molecule has 0 bridgehead atoms. The van der Waals surface area contributed by atoms with Crippen molar-refractivity contribution in [3.8, 4) is 11.5 Å². The molecule has 1 aliphatic rings. The number of nitrogens with one attached hydrogen (secondary N) is 1. The van der Waals surface area contributed by atoms with E-state index in [-0.39, 0.29) is 10.9 Å². The van der Waals surface area contributed by atoms with Crippen molar-refractivity contribution in [2.45, 2.75) is 37.6 Å². The summed E-state index contributed by atoms with van der Waals surface area (Å²) in [5.41, 5.74) is 2.26. The van der Waals surface area contributed by atoms with Crippen LogP contribution in [0.4, 0.5) is 0 Å². The molecule has 0 radical (unpaired) electrons. The maximum atomic E-state index is 12.8. The summed E-state index contributed by atoms with van der Waals surface area (Å²) in [6.45, 7) is 4.65. The van der Waals surface area contributed by atoms with Crippen LogP contribution in [0.3, 0.4) is 0 Å². The molecule has 0 saturated heterocycles. The standard InChI is InChI=1S/C19H23NO4S/c1-3-23-18-12-10-15(13-19(18)24-4-2)25(21,22)20-17-11-9-14-7-5-6-8-16(14)17/h5-8,10,12-13,17,20H,3-4,9,11H2,1-2H3.